The third kappa shape index (κ3) is 3.76. The molecule has 122 valence electrons. The summed E-state index contributed by atoms with van der Waals surface area (Å²) < 4.78 is 0. The van der Waals surface area contributed by atoms with E-state index in [1.807, 2.05) is 35.2 Å². The Bertz CT molecular complexity index is 606. The van der Waals surface area contributed by atoms with E-state index in [0.717, 1.165) is 31.7 Å². The van der Waals surface area contributed by atoms with Crippen molar-refractivity contribution in [2.24, 2.45) is 5.10 Å². The van der Waals surface area contributed by atoms with Gasteiger partial charge in [-0.1, -0.05) is 30.3 Å². The fourth-order valence-corrected chi connectivity index (χ4v) is 2.83. The molecular formula is C17H22N4O2. The lowest BCUT2D eigenvalue weighted by Crippen LogP contribution is -2.50. The monoisotopic (exact) mass is 314 g/mol. The van der Waals surface area contributed by atoms with Gasteiger partial charge in [-0.2, -0.15) is 5.10 Å². The molecule has 1 aromatic rings. The number of carbonyl (C=O) groups is 2. The summed E-state index contributed by atoms with van der Waals surface area (Å²) >= 11 is 0. The van der Waals surface area contributed by atoms with Crippen molar-refractivity contribution in [2.45, 2.75) is 19.4 Å². The van der Waals surface area contributed by atoms with Crippen LogP contribution in [0.3, 0.4) is 0 Å². The molecular weight excluding hydrogens is 292 g/mol. The van der Waals surface area contributed by atoms with E-state index in [2.05, 4.69) is 17.0 Å². The average Bonchev–Trinajstić information content (AvgIpc) is 2.58. The van der Waals surface area contributed by atoms with Crippen molar-refractivity contribution < 1.29 is 9.59 Å². The number of rotatable bonds is 3. The minimum absolute atomic E-state index is 0.0243. The maximum Gasteiger partial charge on any atom is 0.270 e. The van der Waals surface area contributed by atoms with Crippen LogP contribution in [-0.4, -0.2) is 65.6 Å². The summed E-state index contributed by atoms with van der Waals surface area (Å²) in [5.74, 6) is -0.0487. The van der Waals surface area contributed by atoms with Gasteiger partial charge in [0.25, 0.3) is 5.91 Å². The number of piperazine rings is 1. The third-order valence-corrected chi connectivity index (χ3v) is 4.32. The number of likely N-dealkylation sites (N-methyl/N-ethyl adjacent to an activating group) is 1. The molecule has 2 heterocycles. The lowest BCUT2D eigenvalue weighted by Gasteiger charge is -2.33. The second-order valence-corrected chi connectivity index (χ2v) is 6.08. The van der Waals surface area contributed by atoms with Gasteiger partial charge in [-0.3, -0.25) is 9.59 Å². The molecule has 2 aliphatic rings. The summed E-state index contributed by atoms with van der Waals surface area (Å²) in [7, 11) is 2.06. The molecule has 1 fully saturated rings. The van der Waals surface area contributed by atoms with Gasteiger partial charge in [0.2, 0.25) is 5.91 Å². The molecule has 2 amide bonds. The Labute approximate surface area is 136 Å². The summed E-state index contributed by atoms with van der Waals surface area (Å²) in [6.07, 6.45) is 0.792. The number of hydrogen-bond donors (Lipinski definition) is 0. The molecule has 0 atom stereocenters. The molecule has 0 aliphatic carbocycles. The highest BCUT2D eigenvalue weighted by atomic mass is 16.2. The van der Waals surface area contributed by atoms with Gasteiger partial charge < -0.3 is 9.80 Å². The predicted molar refractivity (Wildman–Crippen MR) is 87.7 cm³/mol. The minimum atomic E-state index is -0.0244. The summed E-state index contributed by atoms with van der Waals surface area (Å²) in [5, 5.41) is 5.78. The topological polar surface area (TPSA) is 56.2 Å². The summed E-state index contributed by atoms with van der Waals surface area (Å²) in [5.41, 5.74) is 1.52. The Hall–Kier alpha value is -2.21. The van der Waals surface area contributed by atoms with Crippen LogP contribution in [0.1, 0.15) is 18.4 Å². The molecule has 0 spiro atoms. The van der Waals surface area contributed by atoms with Crippen LogP contribution in [0.25, 0.3) is 0 Å². The van der Waals surface area contributed by atoms with Crippen molar-refractivity contribution in [3.05, 3.63) is 35.9 Å². The van der Waals surface area contributed by atoms with Gasteiger partial charge in [0.1, 0.15) is 5.71 Å². The van der Waals surface area contributed by atoms with E-state index < -0.39 is 0 Å². The van der Waals surface area contributed by atoms with Crippen LogP contribution < -0.4 is 0 Å². The first-order chi connectivity index (χ1) is 11.1. The van der Waals surface area contributed by atoms with Gasteiger partial charge in [-0.05, 0) is 12.6 Å². The fourth-order valence-electron chi connectivity index (χ4n) is 2.83. The number of amides is 2. The van der Waals surface area contributed by atoms with Gasteiger partial charge in [0.05, 0.1) is 6.54 Å². The molecule has 23 heavy (non-hydrogen) atoms. The van der Waals surface area contributed by atoms with Crippen LogP contribution in [0, 0.1) is 0 Å². The zero-order valence-corrected chi connectivity index (χ0v) is 13.4. The van der Waals surface area contributed by atoms with E-state index in [1.165, 1.54) is 5.01 Å². The van der Waals surface area contributed by atoms with E-state index in [9.17, 15) is 9.59 Å². The van der Waals surface area contributed by atoms with Crippen LogP contribution in [0.15, 0.2) is 35.4 Å². The van der Waals surface area contributed by atoms with E-state index >= 15 is 0 Å². The summed E-state index contributed by atoms with van der Waals surface area (Å²) in [4.78, 5) is 28.7. The molecule has 6 nitrogen and oxygen atoms in total. The minimum Gasteiger partial charge on any atom is -0.335 e. The maximum atomic E-state index is 12.6. The standard InChI is InChI=1S/C17H22N4O2/c1-19-9-11-20(12-10-19)17(23)15-7-8-16(22)21(18-15)13-14-5-3-2-4-6-14/h2-6H,7-13H2,1H3. The maximum absolute atomic E-state index is 12.6. The highest BCUT2D eigenvalue weighted by molar-refractivity contribution is 6.39. The number of nitrogens with zero attached hydrogens (tertiary/aromatic N) is 4. The Morgan fingerprint density at radius 2 is 1.78 bits per heavy atom. The molecule has 0 saturated carbocycles. The van der Waals surface area contributed by atoms with Crippen molar-refractivity contribution in [3.8, 4) is 0 Å². The van der Waals surface area contributed by atoms with E-state index in [0.29, 0.717) is 25.1 Å². The highest BCUT2D eigenvalue weighted by Crippen LogP contribution is 2.15. The number of hydrogen-bond acceptors (Lipinski definition) is 4. The smallest absolute Gasteiger partial charge is 0.270 e. The highest BCUT2D eigenvalue weighted by Gasteiger charge is 2.28. The summed E-state index contributed by atoms with van der Waals surface area (Å²) in [6, 6.07) is 9.72. The molecule has 0 N–H and O–H groups in total. The van der Waals surface area contributed by atoms with Crippen molar-refractivity contribution in [3.63, 3.8) is 0 Å². The molecule has 3 rings (SSSR count). The first-order valence-corrected chi connectivity index (χ1v) is 8.03. The van der Waals surface area contributed by atoms with Crippen LogP contribution in [-0.2, 0) is 16.1 Å². The van der Waals surface area contributed by atoms with E-state index in [4.69, 9.17) is 0 Å². The van der Waals surface area contributed by atoms with Gasteiger partial charge in [0.15, 0.2) is 0 Å². The van der Waals surface area contributed by atoms with Crippen molar-refractivity contribution >= 4 is 17.5 Å². The largest absolute Gasteiger partial charge is 0.335 e. The Balaban J connectivity index is 1.70. The fraction of sp³-hybridized carbons (Fsp3) is 0.471. The van der Waals surface area contributed by atoms with Crippen LogP contribution in [0.2, 0.25) is 0 Å². The van der Waals surface area contributed by atoms with Crippen LogP contribution in [0.5, 0.6) is 0 Å². The molecule has 0 bridgehead atoms. The molecule has 1 saturated heterocycles. The van der Waals surface area contributed by atoms with Crippen LogP contribution >= 0.6 is 0 Å². The quantitative estimate of drug-likeness (QED) is 0.834. The number of benzene rings is 1. The van der Waals surface area contributed by atoms with Gasteiger partial charge in [-0.15, -0.1) is 0 Å². The van der Waals surface area contributed by atoms with Crippen molar-refractivity contribution in [1.82, 2.24) is 14.8 Å². The van der Waals surface area contributed by atoms with Gasteiger partial charge in [0, 0.05) is 39.0 Å². The summed E-state index contributed by atoms with van der Waals surface area (Å²) in [6.45, 7) is 3.62. The molecule has 0 unspecified atom stereocenters. The number of carbonyl (C=O) groups excluding carboxylic acids is 2. The second-order valence-electron chi connectivity index (χ2n) is 6.08. The molecule has 6 heteroatoms. The first-order valence-electron chi connectivity index (χ1n) is 8.03. The molecule has 1 aromatic carbocycles. The zero-order valence-electron chi connectivity index (χ0n) is 13.4. The Morgan fingerprint density at radius 1 is 1.09 bits per heavy atom. The molecule has 0 aromatic heterocycles. The Morgan fingerprint density at radius 3 is 2.48 bits per heavy atom. The first kappa shape index (κ1) is 15.7. The lowest BCUT2D eigenvalue weighted by molar-refractivity contribution is -0.132. The van der Waals surface area contributed by atoms with Gasteiger partial charge >= 0.3 is 0 Å². The normalized spacial score (nSPS) is 19.7. The third-order valence-electron chi connectivity index (χ3n) is 4.32. The lowest BCUT2D eigenvalue weighted by atomic mass is 10.1. The SMILES string of the molecule is CN1CCN(C(=O)C2=NN(Cc3ccccc3)C(=O)CC2)CC1. The van der Waals surface area contributed by atoms with E-state index in [-0.39, 0.29) is 11.8 Å². The molecule has 0 radical (unpaired) electrons. The Kier molecular flexibility index (Phi) is 4.71. The average molecular weight is 314 g/mol. The second kappa shape index (κ2) is 6.91. The molecule has 2 aliphatic heterocycles. The van der Waals surface area contributed by atoms with Crippen molar-refractivity contribution in [2.75, 3.05) is 33.2 Å². The van der Waals surface area contributed by atoms with Crippen LogP contribution in [0.4, 0.5) is 0 Å². The zero-order chi connectivity index (χ0) is 16.2. The predicted octanol–water partition coefficient (Wildman–Crippen LogP) is 0.939. The van der Waals surface area contributed by atoms with Crippen molar-refractivity contribution in [1.29, 1.82) is 0 Å². The van der Waals surface area contributed by atoms with E-state index in [1.54, 1.807) is 0 Å². The number of hydrazone groups is 1. The van der Waals surface area contributed by atoms with Gasteiger partial charge in [-0.25, -0.2) is 5.01 Å².